The number of amides is 1. The second kappa shape index (κ2) is 6.44. The SMILES string of the molecule is Cc1ncccc1C(=O)N[C@H](C)c1cccc(-n2cccn2)c1. The number of nitrogens with one attached hydrogen (secondary N) is 1. The second-order valence-corrected chi connectivity index (χ2v) is 5.38. The van der Waals surface area contributed by atoms with Crippen LogP contribution in [0.3, 0.4) is 0 Å². The molecule has 0 saturated heterocycles. The maximum Gasteiger partial charge on any atom is 0.253 e. The number of aromatic nitrogens is 3. The van der Waals surface area contributed by atoms with Crippen molar-refractivity contribution in [3.05, 3.63) is 77.9 Å². The molecule has 1 aromatic carbocycles. The topological polar surface area (TPSA) is 59.8 Å². The van der Waals surface area contributed by atoms with Gasteiger partial charge in [-0.3, -0.25) is 9.78 Å². The fraction of sp³-hybridized carbons (Fsp3) is 0.167. The number of benzene rings is 1. The van der Waals surface area contributed by atoms with Crippen molar-refractivity contribution in [3.63, 3.8) is 0 Å². The summed E-state index contributed by atoms with van der Waals surface area (Å²) in [5, 5.41) is 7.25. The van der Waals surface area contributed by atoms with Gasteiger partial charge in [-0.2, -0.15) is 5.10 Å². The number of carbonyl (C=O) groups excluding carboxylic acids is 1. The first-order chi connectivity index (χ1) is 11.1. The molecule has 5 heteroatoms. The number of pyridine rings is 1. The largest absolute Gasteiger partial charge is 0.345 e. The average molecular weight is 306 g/mol. The molecule has 23 heavy (non-hydrogen) atoms. The third kappa shape index (κ3) is 3.29. The Balaban J connectivity index is 1.79. The first-order valence-corrected chi connectivity index (χ1v) is 7.47. The van der Waals surface area contributed by atoms with Gasteiger partial charge in [0.1, 0.15) is 0 Å². The highest BCUT2D eigenvalue weighted by molar-refractivity contribution is 5.95. The summed E-state index contributed by atoms with van der Waals surface area (Å²) in [6.07, 6.45) is 5.31. The van der Waals surface area contributed by atoms with Crippen LogP contribution in [0.15, 0.2) is 61.1 Å². The number of rotatable bonds is 4. The Kier molecular flexibility index (Phi) is 4.19. The van der Waals surface area contributed by atoms with Gasteiger partial charge >= 0.3 is 0 Å². The van der Waals surface area contributed by atoms with Crippen LogP contribution in [-0.4, -0.2) is 20.7 Å². The molecule has 0 fully saturated rings. The van der Waals surface area contributed by atoms with Crippen molar-refractivity contribution in [3.8, 4) is 5.69 Å². The minimum Gasteiger partial charge on any atom is -0.345 e. The van der Waals surface area contributed by atoms with Gasteiger partial charge in [0.2, 0.25) is 0 Å². The Bertz CT molecular complexity index is 811. The Morgan fingerprint density at radius 3 is 2.78 bits per heavy atom. The molecule has 0 saturated carbocycles. The van der Waals surface area contributed by atoms with E-state index in [1.54, 1.807) is 29.2 Å². The summed E-state index contributed by atoms with van der Waals surface area (Å²) >= 11 is 0. The highest BCUT2D eigenvalue weighted by Crippen LogP contribution is 2.17. The van der Waals surface area contributed by atoms with Crippen LogP contribution in [0.25, 0.3) is 5.69 Å². The van der Waals surface area contributed by atoms with Crippen molar-refractivity contribution in [2.45, 2.75) is 19.9 Å². The van der Waals surface area contributed by atoms with Crippen LogP contribution >= 0.6 is 0 Å². The van der Waals surface area contributed by atoms with Gasteiger partial charge in [-0.05, 0) is 49.7 Å². The van der Waals surface area contributed by atoms with E-state index in [0.29, 0.717) is 5.56 Å². The van der Waals surface area contributed by atoms with Crippen LogP contribution in [0, 0.1) is 6.92 Å². The third-order valence-electron chi connectivity index (χ3n) is 3.74. The van der Waals surface area contributed by atoms with Crippen molar-refractivity contribution < 1.29 is 4.79 Å². The van der Waals surface area contributed by atoms with E-state index in [4.69, 9.17) is 0 Å². The molecule has 0 aliphatic heterocycles. The molecule has 0 radical (unpaired) electrons. The lowest BCUT2D eigenvalue weighted by molar-refractivity contribution is 0.0939. The summed E-state index contributed by atoms with van der Waals surface area (Å²) < 4.78 is 1.79. The maximum atomic E-state index is 12.4. The lowest BCUT2D eigenvalue weighted by Gasteiger charge is -2.16. The molecule has 1 atom stereocenters. The molecule has 2 aromatic heterocycles. The molecule has 1 amide bonds. The van der Waals surface area contributed by atoms with Crippen molar-refractivity contribution in [2.75, 3.05) is 0 Å². The summed E-state index contributed by atoms with van der Waals surface area (Å²) in [5.74, 6) is -0.118. The smallest absolute Gasteiger partial charge is 0.253 e. The molecule has 3 aromatic rings. The zero-order valence-electron chi connectivity index (χ0n) is 13.1. The molecule has 0 spiro atoms. The Labute approximate surface area is 135 Å². The summed E-state index contributed by atoms with van der Waals surface area (Å²) in [6, 6.07) is 13.3. The van der Waals surface area contributed by atoms with Crippen LogP contribution in [-0.2, 0) is 0 Å². The van der Waals surface area contributed by atoms with E-state index in [2.05, 4.69) is 15.4 Å². The predicted molar refractivity (Wildman–Crippen MR) is 88.4 cm³/mol. The minimum atomic E-state index is -0.118. The lowest BCUT2D eigenvalue weighted by Crippen LogP contribution is -2.27. The van der Waals surface area contributed by atoms with Crippen molar-refractivity contribution >= 4 is 5.91 Å². The highest BCUT2D eigenvalue weighted by atomic mass is 16.1. The molecule has 0 unspecified atom stereocenters. The Morgan fingerprint density at radius 2 is 2.04 bits per heavy atom. The van der Waals surface area contributed by atoms with E-state index in [-0.39, 0.29) is 11.9 Å². The van der Waals surface area contributed by atoms with Crippen molar-refractivity contribution in [2.24, 2.45) is 0 Å². The Hall–Kier alpha value is -2.95. The molecule has 5 nitrogen and oxygen atoms in total. The van der Waals surface area contributed by atoms with E-state index in [1.807, 2.05) is 50.4 Å². The number of carbonyl (C=O) groups is 1. The van der Waals surface area contributed by atoms with Crippen molar-refractivity contribution in [1.82, 2.24) is 20.1 Å². The van der Waals surface area contributed by atoms with Gasteiger partial charge in [-0.15, -0.1) is 0 Å². The fourth-order valence-electron chi connectivity index (χ4n) is 2.44. The van der Waals surface area contributed by atoms with Gasteiger partial charge < -0.3 is 5.32 Å². The molecular weight excluding hydrogens is 288 g/mol. The second-order valence-electron chi connectivity index (χ2n) is 5.38. The Morgan fingerprint density at radius 1 is 1.17 bits per heavy atom. The quantitative estimate of drug-likeness (QED) is 0.806. The zero-order chi connectivity index (χ0) is 16.2. The van der Waals surface area contributed by atoms with Gasteiger partial charge in [0.15, 0.2) is 0 Å². The van der Waals surface area contributed by atoms with E-state index in [1.165, 1.54) is 0 Å². The van der Waals surface area contributed by atoms with Gasteiger partial charge in [-0.1, -0.05) is 12.1 Å². The standard InChI is InChI=1S/C18H18N4O/c1-13(21-18(23)17-8-4-9-19-14(17)2)15-6-3-7-16(12-15)22-11-5-10-20-22/h3-13H,1-2H3,(H,21,23)/t13-/m1/s1. The van der Waals surface area contributed by atoms with Gasteiger partial charge in [0, 0.05) is 24.3 Å². The molecule has 116 valence electrons. The van der Waals surface area contributed by atoms with E-state index >= 15 is 0 Å². The van der Waals surface area contributed by atoms with E-state index in [0.717, 1.165) is 16.9 Å². The molecule has 0 aliphatic carbocycles. The first kappa shape index (κ1) is 15.0. The molecule has 0 bridgehead atoms. The summed E-state index contributed by atoms with van der Waals surface area (Å²) in [5.41, 5.74) is 3.31. The molecule has 1 N–H and O–H groups in total. The zero-order valence-corrected chi connectivity index (χ0v) is 13.1. The monoisotopic (exact) mass is 306 g/mol. The first-order valence-electron chi connectivity index (χ1n) is 7.47. The van der Waals surface area contributed by atoms with Gasteiger partial charge in [0.05, 0.1) is 17.3 Å². The van der Waals surface area contributed by atoms with Crippen LogP contribution in [0.5, 0.6) is 0 Å². The van der Waals surface area contributed by atoms with Gasteiger partial charge in [0.25, 0.3) is 5.91 Å². The molecule has 2 heterocycles. The summed E-state index contributed by atoms with van der Waals surface area (Å²) in [7, 11) is 0. The summed E-state index contributed by atoms with van der Waals surface area (Å²) in [6.45, 7) is 3.80. The fourth-order valence-corrected chi connectivity index (χ4v) is 2.44. The van der Waals surface area contributed by atoms with Crippen LogP contribution in [0.2, 0.25) is 0 Å². The van der Waals surface area contributed by atoms with Crippen LogP contribution in [0.4, 0.5) is 0 Å². The normalized spacial score (nSPS) is 11.9. The van der Waals surface area contributed by atoms with Crippen LogP contribution < -0.4 is 5.32 Å². The number of aryl methyl sites for hydroxylation is 1. The molecular formula is C18H18N4O. The number of hydrogen-bond donors (Lipinski definition) is 1. The van der Waals surface area contributed by atoms with E-state index < -0.39 is 0 Å². The van der Waals surface area contributed by atoms with E-state index in [9.17, 15) is 4.79 Å². The maximum absolute atomic E-state index is 12.4. The predicted octanol–water partition coefficient (Wildman–Crippen LogP) is 3.07. The molecule has 3 rings (SSSR count). The van der Waals surface area contributed by atoms with Crippen LogP contribution in [0.1, 0.15) is 34.6 Å². The molecule has 0 aliphatic rings. The van der Waals surface area contributed by atoms with Gasteiger partial charge in [-0.25, -0.2) is 4.68 Å². The number of hydrogen-bond acceptors (Lipinski definition) is 3. The minimum absolute atomic E-state index is 0.113. The third-order valence-corrected chi connectivity index (χ3v) is 3.74. The lowest BCUT2D eigenvalue weighted by atomic mass is 10.1. The van der Waals surface area contributed by atoms with Crippen molar-refractivity contribution in [1.29, 1.82) is 0 Å². The highest BCUT2D eigenvalue weighted by Gasteiger charge is 2.14. The average Bonchev–Trinajstić information content (AvgIpc) is 3.10. The number of nitrogens with zero attached hydrogens (tertiary/aromatic N) is 3. The summed E-state index contributed by atoms with van der Waals surface area (Å²) in [4.78, 5) is 16.5.